The van der Waals surface area contributed by atoms with E-state index in [0.717, 1.165) is 0 Å². The fourth-order valence-corrected chi connectivity index (χ4v) is 3.56. The van der Waals surface area contributed by atoms with Crippen LogP contribution in [0.3, 0.4) is 0 Å². The minimum atomic E-state index is -5.19. The average Bonchev–Trinajstić information content (AvgIpc) is 3.21. The van der Waals surface area contributed by atoms with E-state index in [1.165, 1.54) is 27.7 Å². The number of fused-ring (bicyclic) bond motifs is 5. The van der Waals surface area contributed by atoms with Crippen molar-refractivity contribution < 1.29 is 50.1 Å². The van der Waals surface area contributed by atoms with Crippen LogP contribution in [-0.4, -0.2) is 44.3 Å². The molecule has 0 aromatic carbocycles. The van der Waals surface area contributed by atoms with Gasteiger partial charge in [0, 0.05) is 0 Å². The van der Waals surface area contributed by atoms with Crippen molar-refractivity contribution in [1.82, 2.24) is 15.2 Å². The molecular formula is C22H26F6N4O5. The van der Waals surface area contributed by atoms with Crippen LogP contribution in [0.5, 0.6) is 5.88 Å². The Morgan fingerprint density at radius 2 is 1.81 bits per heavy atom. The summed E-state index contributed by atoms with van der Waals surface area (Å²) in [5.74, 6) is -2.90. The quantitative estimate of drug-likeness (QED) is 0.424. The molecule has 0 spiro atoms. The molecule has 2 aromatic rings. The van der Waals surface area contributed by atoms with E-state index in [-0.39, 0.29) is 19.3 Å². The van der Waals surface area contributed by atoms with Crippen LogP contribution in [-0.2, 0) is 16.5 Å². The Bertz CT molecular complexity index is 1130. The number of nitrogens with one attached hydrogen (secondary N) is 1. The van der Waals surface area contributed by atoms with Gasteiger partial charge in [0.15, 0.2) is 5.69 Å². The summed E-state index contributed by atoms with van der Waals surface area (Å²) in [7, 11) is 0. The maximum Gasteiger partial charge on any atom is 0.426 e. The summed E-state index contributed by atoms with van der Waals surface area (Å²) in [6, 6.07) is 0.486. The number of pyridine rings is 1. The van der Waals surface area contributed by atoms with Crippen molar-refractivity contribution in [2.24, 2.45) is 0 Å². The van der Waals surface area contributed by atoms with Crippen molar-refractivity contribution in [1.29, 1.82) is 0 Å². The highest BCUT2D eigenvalue weighted by molar-refractivity contribution is 5.89. The second-order valence-corrected chi connectivity index (χ2v) is 9.66. The maximum atomic E-state index is 13.9. The van der Waals surface area contributed by atoms with Crippen LogP contribution < -0.4 is 10.1 Å². The highest BCUT2D eigenvalue weighted by Crippen LogP contribution is 2.45. The van der Waals surface area contributed by atoms with Gasteiger partial charge in [-0.05, 0) is 59.4 Å². The fraction of sp³-hybridized carbons (Fsp3) is 0.636. The number of anilines is 1. The molecule has 1 amide bonds. The number of halogens is 6. The molecule has 0 saturated heterocycles. The summed E-state index contributed by atoms with van der Waals surface area (Å²) in [5, 5.41) is 19.4. The number of hydrogen-bond acceptors (Lipinski definition) is 8. The summed E-state index contributed by atoms with van der Waals surface area (Å²) in [6.07, 6.45) is -12.3. The van der Waals surface area contributed by atoms with E-state index in [1.54, 1.807) is 0 Å². The summed E-state index contributed by atoms with van der Waals surface area (Å²) in [6.45, 7) is 6.02. The van der Waals surface area contributed by atoms with Crippen molar-refractivity contribution in [3.63, 3.8) is 0 Å². The average molecular weight is 540 g/mol. The molecule has 0 aliphatic carbocycles. The SMILES string of the molecule is C[C@H]1CCCCCC(O)(C(F)(F)F)c2nnc(o2)-c2nc(c(C(F)(F)F)cc2NC(=O)OC(C)(C)C)O1. The molecule has 0 saturated carbocycles. The third-order valence-electron chi connectivity index (χ3n) is 5.34. The van der Waals surface area contributed by atoms with Gasteiger partial charge in [0.25, 0.3) is 11.8 Å². The van der Waals surface area contributed by atoms with Gasteiger partial charge in [-0.25, -0.2) is 9.78 Å². The molecule has 3 heterocycles. The molecule has 15 heteroatoms. The number of aromatic nitrogens is 3. The number of alkyl halides is 6. The molecule has 2 atom stereocenters. The maximum absolute atomic E-state index is 13.9. The van der Waals surface area contributed by atoms with Crippen LogP contribution in [0.15, 0.2) is 10.5 Å². The van der Waals surface area contributed by atoms with Crippen LogP contribution >= 0.6 is 0 Å². The number of rotatable bonds is 1. The minimum Gasteiger partial charge on any atom is -0.474 e. The van der Waals surface area contributed by atoms with Gasteiger partial charge >= 0.3 is 18.4 Å². The van der Waals surface area contributed by atoms with Gasteiger partial charge in [-0.2, -0.15) is 26.3 Å². The highest BCUT2D eigenvalue weighted by atomic mass is 19.4. The van der Waals surface area contributed by atoms with Gasteiger partial charge in [-0.15, -0.1) is 10.2 Å². The van der Waals surface area contributed by atoms with Crippen LogP contribution in [0, 0.1) is 0 Å². The first kappa shape index (κ1) is 28.5. The van der Waals surface area contributed by atoms with Gasteiger partial charge in [0.1, 0.15) is 11.2 Å². The van der Waals surface area contributed by atoms with E-state index in [1.807, 2.05) is 0 Å². The number of aliphatic hydroxyl groups is 1. The number of carbonyl (C=O) groups is 1. The van der Waals surface area contributed by atoms with Crippen LogP contribution in [0.1, 0.15) is 71.3 Å². The smallest absolute Gasteiger partial charge is 0.426 e. The molecule has 1 aliphatic rings. The molecule has 206 valence electrons. The van der Waals surface area contributed by atoms with Crippen molar-refractivity contribution in [3.8, 4) is 17.5 Å². The fourth-order valence-electron chi connectivity index (χ4n) is 3.56. The number of amides is 1. The summed E-state index contributed by atoms with van der Waals surface area (Å²) >= 11 is 0. The normalized spacial score (nSPS) is 21.5. The molecule has 4 bridgehead atoms. The molecule has 2 N–H and O–H groups in total. The van der Waals surface area contributed by atoms with Crippen LogP contribution in [0.25, 0.3) is 11.6 Å². The largest absolute Gasteiger partial charge is 0.474 e. The standard InChI is InChI=1S/C22H26F6N4O5/c1-11-8-6-5-7-9-20(34,22(26,27)28)17-32-31-16(36-17)14-13(29-18(33)37-19(2,3)4)10-12(21(23,24)25)15(30-14)35-11/h10-11,34H,5-9H2,1-4H3,(H,29,33)/t11-,20?/m0/s1. The Balaban J connectivity index is 2.23. The number of nitrogens with zero attached hydrogens (tertiary/aromatic N) is 3. The van der Waals surface area contributed by atoms with E-state index < -0.39 is 76.8 Å². The van der Waals surface area contributed by atoms with E-state index >= 15 is 0 Å². The third kappa shape index (κ3) is 6.62. The zero-order valence-corrected chi connectivity index (χ0v) is 20.4. The Morgan fingerprint density at radius 1 is 1.14 bits per heavy atom. The van der Waals surface area contributed by atoms with Crippen molar-refractivity contribution in [3.05, 3.63) is 17.5 Å². The second kappa shape index (κ2) is 9.99. The zero-order valence-electron chi connectivity index (χ0n) is 20.4. The molecule has 1 aliphatic heterocycles. The molecule has 3 rings (SSSR count). The number of ether oxygens (including phenoxy) is 2. The topological polar surface area (TPSA) is 120 Å². The summed E-state index contributed by atoms with van der Waals surface area (Å²) in [5.41, 5.74) is -7.14. The Kier molecular flexibility index (Phi) is 7.68. The summed E-state index contributed by atoms with van der Waals surface area (Å²) in [4.78, 5) is 16.2. The van der Waals surface area contributed by atoms with E-state index in [0.29, 0.717) is 12.5 Å². The lowest BCUT2D eigenvalue weighted by Crippen LogP contribution is -2.42. The van der Waals surface area contributed by atoms with Gasteiger partial charge in [-0.3, -0.25) is 5.32 Å². The van der Waals surface area contributed by atoms with Gasteiger partial charge in [0.2, 0.25) is 11.5 Å². The predicted octanol–water partition coefficient (Wildman–Crippen LogP) is 5.98. The Labute approximate surface area is 207 Å². The lowest BCUT2D eigenvalue weighted by molar-refractivity contribution is -0.277. The Morgan fingerprint density at radius 3 is 2.41 bits per heavy atom. The Hall–Kier alpha value is -3.10. The molecule has 0 fully saturated rings. The van der Waals surface area contributed by atoms with Gasteiger partial charge < -0.3 is 19.0 Å². The third-order valence-corrected chi connectivity index (χ3v) is 5.34. The predicted molar refractivity (Wildman–Crippen MR) is 116 cm³/mol. The summed E-state index contributed by atoms with van der Waals surface area (Å²) < 4.78 is 98.8. The molecular weight excluding hydrogens is 514 g/mol. The van der Waals surface area contributed by atoms with E-state index in [9.17, 15) is 36.2 Å². The van der Waals surface area contributed by atoms with Gasteiger partial charge in [0.05, 0.1) is 11.8 Å². The van der Waals surface area contributed by atoms with E-state index in [4.69, 9.17) is 13.9 Å². The molecule has 37 heavy (non-hydrogen) atoms. The van der Waals surface area contributed by atoms with E-state index in [2.05, 4.69) is 20.5 Å². The molecule has 0 radical (unpaired) electrons. The monoisotopic (exact) mass is 540 g/mol. The highest BCUT2D eigenvalue weighted by Gasteiger charge is 2.58. The second-order valence-electron chi connectivity index (χ2n) is 9.66. The zero-order chi connectivity index (χ0) is 27.8. The van der Waals surface area contributed by atoms with Crippen molar-refractivity contribution in [2.45, 2.75) is 89.5 Å². The number of hydrogen-bond donors (Lipinski definition) is 2. The van der Waals surface area contributed by atoms with Crippen molar-refractivity contribution >= 4 is 11.8 Å². The first-order chi connectivity index (χ1) is 16.9. The number of carbonyl (C=O) groups excluding carboxylic acids is 1. The molecule has 2 aromatic heterocycles. The lowest BCUT2D eigenvalue weighted by Gasteiger charge is -2.27. The first-order valence-electron chi connectivity index (χ1n) is 11.3. The van der Waals surface area contributed by atoms with Crippen molar-refractivity contribution in [2.75, 3.05) is 5.32 Å². The van der Waals surface area contributed by atoms with Gasteiger partial charge in [-0.1, -0.05) is 6.42 Å². The minimum absolute atomic E-state index is 0.0940. The molecule has 9 nitrogen and oxygen atoms in total. The first-order valence-corrected chi connectivity index (χ1v) is 11.3. The molecule has 1 unspecified atom stereocenters. The lowest BCUT2D eigenvalue weighted by atomic mass is 9.94. The van der Waals surface area contributed by atoms with Crippen LogP contribution in [0.4, 0.5) is 36.8 Å². The van der Waals surface area contributed by atoms with Crippen LogP contribution in [0.2, 0.25) is 0 Å².